The summed E-state index contributed by atoms with van der Waals surface area (Å²) < 4.78 is 37.5. The summed E-state index contributed by atoms with van der Waals surface area (Å²) in [5, 5.41) is 3.47. The van der Waals surface area contributed by atoms with Gasteiger partial charge in [-0.05, 0) is 17.5 Å². The topological polar surface area (TPSA) is 96.3 Å². The molecule has 3 rings (SSSR count). The van der Waals surface area contributed by atoms with E-state index in [2.05, 4.69) is 46.4 Å². The van der Waals surface area contributed by atoms with Crippen LogP contribution in [-0.2, 0) is 0 Å². The number of rotatable bonds is 0. The predicted octanol–water partition coefficient (Wildman–Crippen LogP) is -2.12. The molecular formula is C11H8ClNO4S. The highest BCUT2D eigenvalue weighted by Gasteiger charge is 2.06. The minimum Gasteiger partial charge on any atom is -0.222 e. The van der Waals surface area contributed by atoms with E-state index in [9.17, 15) is 0 Å². The Morgan fingerprint density at radius 2 is 1.67 bits per heavy atom. The molecule has 0 saturated heterocycles. The summed E-state index contributed by atoms with van der Waals surface area (Å²) >= 11 is 1.80. The van der Waals surface area contributed by atoms with Gasteiger partial charge in [-0.15, -0.1) is 21.6 Å². The van der Waals surface area contributed by atoms with Gasteiger partial charge in [0.2, 0.25) is 5.52 Å². The molecule has 0 saturated carbocycles. The van der Waals surface area contributed by atoms with Crippen molar-refractivity contribution in [1.82, 2.24) is 0 Å². The van der Waals surface area contributed by atoms with Crippen molar-refractivity contribution >= 4 is 26.9 Å². The fourth-order valence-electron chi connectivity index (χ4n) is 1.60. The summed E-state index contributed by atoms with van der Waals surface area (Å²) in [6.45, 7) is 0. The zero-order chi connectivity index (χ0) is 13.2. The Balaban J connectivity index is 0.000000209. The van der Waals surface area contributed by atoms with Crippen LogP contribution in [0.25, 0.3) is 15.6 Å². The van der Waals surface area contributed by atoms with Gasteiger partial charge in [0, 0.05) is 23.6 Å². The molecule has 0 aliphatic rings. The van der Waals surface area contributed by atoms with Crippen molar-refractivity contribution in [2.24, 2.45) is 0 Å². The number of nitrogens with zero attached hydrogens (tertiary/aromatic N) is 1. The first-order valence-corrected chi connectivity index (χ1v) is 6.94. The van der Waals surface area contributed by atoms with E-state index in [1.807, 2.05) is 6.07 Å². The molecule has 0 amide bonds. The number of halogens is 1. The van der Waals surface area contributed by atoms with Crippen LogP contribution in [-0.4, -0.2) is 0 Å². The maximum atomic E-state index is 8.49. The molecule has 3 heterocycles. The Labute approximate surface area is 109 Å². The van der Waals surface area contributed by atoms with E-state index in [4.69, 9.17) is 18.6 Å². The third kappa shape index (κ3) is 3.36. The second kappa shape index (κ2) is 5.15. The summed E-state index contributed by atoms with van der Waals surface area (Å²) in [6, 6.07) is 10.6. The Kier molecular flexibility index (Phi) is 3.76. The molecule has 0 bridgehead atoms. The van der Waals surface area contributed by atoms with E-state index in [-0.39, 0.29) is 0 Å². The number of thiophene rings is 1. The van der Waals surface area contributed by atoms with Crippen LogP contribution in [0.3, 0.4) is 0 Å². The fraction of sp³-hybridized carbons (Fsp3) is 0. The highest BCUT2D eigenvalue weighted by atomic mass is 35.7. The van der Waals surface area contributed by atoms with Crippen LogP contribution in [0.4, 0.5) is 0 Å². The molecule has 3 aromatic rings. The van der Waals surface area contributed by atoms with Crippen molar-refractivity contribution in [1.29, 1.82) is 0 Å². The van der Waals surface area contributed by atoms with Gasteiger partial charge < -0.3 is 0 Å². The van der Waals surface area contributed by atoms with Gasteiger partial charge in [-0.1, -0.05) is 0 Å². The molecule has 94 valence electrons. The Morgan fingerprint density at radius 3 is 2.39 bits per heavy atom. The second-order valence-corrected chi connectivity index (χ2v) is 5.06. The highest BCUT2D eigenvalue weighted by molar-refractivity contribution is 7.18. The lowest BCUT2D eigenvalue weighted by atomic mass is 10.3. The number of hydrogen-bond acceptors (Lipinski definition) is 5. The van der Waals surface area contributed by atoms with E-state index in [0.29, 0.717) is 0 Å². The Hall–Kier alpha value is -1.28. The van der Waals surface area contributed by atoms with Crippen molar-refractivity contribution in [3.8, 4) is 0 Å². The maximum absolute atomic E-state index is 8.49. The minimum atomic E-state index is -4.94. The largest absolute Gasteiger partial charge is 0.228 e. The molecule has 0 unspecified atom stereocenters. The molecule has 5 nitrogen and oxygen atoms in total. The average Bonchev–Trinajstić information content (AvgIpc) is 2.75. The van der Waals surface area contributed by atoms with E-state index in [1.165, 1.54) is 15.6 Å². The number of pyridine rings is 2. The Bertz CT molecular complexity index is 658. The van der Waals surface area contributed by atoms with Crippen molar-refractivity contribution in [2.45, 2.75) is 0 Å². The van der Waals surface area contributed by atoms with Crippen LogP contribution in [0.15, 0.2) is 48.1 Å². The van der Waals surface area contributed by atoms with Crippen molar-refractivity contribution in [3.05, 3.63) is 48.1 Å². The molecule has 0 fully saturated rings. The lowest BCUT2D eigenvalue weighted by Gasteiger charge is -2.17. The zero-order valence-electron chi connectivity index (χ0n) is 8.99. The normalized spacial score (nSPS) is 11.3. The number of hydrogen-bond donors (Lipinski definition) is 0. The van der Waals surface area contributed by atoms with Gasteiger partial charge in [-0.3, -0.25) is 0 Å². The smallest absolute Gasteiger partial charge is 0.222 e. The van der Waals surface area contributed by atoms with Gasteiger partial charge >= 0.3 is 0 Å². The van der Waals surface area contributed by atoms with E-state index >= 15 is 0 Å². The molecule has 0 atom stereocenters. The standard InChI is InChI=1S/C11H8NS.ClHO4/c1-2-6-12-7-4-9-5-8-13-11(9)10(12)3-1;2-1(3,4)5/h1-8H;(H,2,3,4,5)/q+1;/p-1. The summed E-state index contributed by atoms with van der Waals surface area (Å²) in [4.78, 5) is 0. The Morgan fingerprint density at radius 1 is 0.944 bits per heavy atom. The van der Waals surface area contributed by atoms with Crippen LogP contribution in [0.2, 0.25) is 0 Å². The number of fused-ring (bicyclic) bond motifs is 3. The van der Waals surface area contributed by atoms with Gasteiger partial charge in [-0.2, -0.15) is 4.40 Å². The maximum Gasteiger partial charge on any atom is 0.228 e. The van der Waals surface area contributed by atoms with E-state index in [1.54, 1.807) is 11.3 Å². The first-order valence-electron chi connectivity index (χ1n) is 4.83. The molecule has 0 radical (unpaired) electrons. The quantitative estimate of drug-likeness (QED) is 0.441. The van der Waals surface area contributed by atoms with Crippen molar-refractivity contribution in [2.75, 3.05) is 0 Å². The molecule has 18 heavy (non-hydrogen) atoms. The van der Waals surface area contributed by atoms with Gasteiger partial charge in [0.1, 0.15) is 4.70 Å². The van der Waals surface area contributed by atoms with Crippen LogP contribution < -0.4 is 23.0 Å². The summed E-state index contributed by atoms with van der Waals surface area (Å²) in [5.41, 5.74) is 1.29. The van der Waals surface area contributed by atoms with Gasteiger partial charge in [0.15, 0.2) is 12.4 Å². The molecule has 0 spiro atoms. The first-order chi connectivity index (χ1) is 8.45. The monoisotopic (exact) mass is 285 g/mol. The first kappa shape index (κ1) is 13.2. The molecule has 0 aliphatic carbocycles. The third-order valence-electron chi connectivity index (χ3n) is 2.23. The second-order valence-electron chi connectivity index (χ2n) is 3.39. The summed E-state index contributed by atoms with van der Waals surface area (Å²) in [5.74, 6) is 0. The lowest BCUT2D eigenvalue weighted by molar-refractivity contribution is -2.00. The minimum absolute atomic E-state index is 1.29. The highest BCUT2D eigenvalue weighted by Crippen LogP contribution is 2.22. The molecule has 7 heteroatoms. The third-order valence-corrected chi connectivity index (χ3v) is 3.19. The lowest BCUT2D eigenvalue weighted by Crippen LogP contribution is -2.68. The van der Waals surface area contributed by atoms with E-state index < -0.39 is 10.2 Å². The summed E-state index contributed by atoms with van der Waals surface area (Å²) in [6.07, 6.45) is 4.18. The molecule has 0 aliphatic heterocycles. The van der Waals surface area contributed by atoms with Crippen LogP contribution >= 0.6 is 11.3 Å². The van der Waals surface area contributed by atoms with Gasteiger partial charge in [0.05, 0.1) is 0 Å². The van der Waals surface area contributed by atoms with Gasteiger partial charge in [0.25, 0.3) is 0 Å². The van der Waals surface area contributed by atoms with Crippen LogP contribution in [0, 0.1) is 10.2 Å². The fourth-order valence-corrected chi connectivity index (χ4v) is 2.51. The molecular weight excluding hydrogens is 278 g/mol. The van der Waals surface area contributed by atoms with E-state index in [0.717, 1.165) is 0 Å². The average molecular weight is 286 g/mol. The van der Waals surface area contributed by atoms with Gasteiger partial charge in [-0.25, -0.2) is 18.6 Å². The molecule has 0 N–H and O–H groups in total. The molecule has 3 aromatic heterocycles. The van der Waals surface area contributed by atoms with Crippen molar-refractivity contribution < 1.29 is 33.3 Å². The summed E-state index contributed by atoms with van der Waals surface area (Å²) in [7, 11) is -4.94. The predicted molar refractivity (Wildman–Crippen MR) is 55.0 cm³/mol. The number of aromatic nitrogens is 1. The SMILES string of the molecule is [O-][Cl+3]([O-])([O-])[O-].c1cc[n+]2ccc3ccsc3c2c1. The zero-order valence-corrected chi connectivity index (χ0v) is 10.6. The van der Waals surface area contributed by atoms with Crippen molar-refractivity contribution in [3.63, 3.8) is 0 Å². The van der Waals surface area contributed by atoms with Crippen LogP contribution in [0.5, 0.6) is 0 Å². The van der Waals surface area contributed by atoms with Crippen LogP contribution in [0.1, 0.15) is 0 Å². The molecule has 0 aromatic carbocycles.